The number of alkyl halides is 2. The zero-order valence-electron chi connectivity index (χ0n) is 6.35. The maximum absolute atomic E-state index is 12.4. The third-order valence-electron chi connectivity index (χ3n) is 1.41. The maximum atomic E-state index is 12.4. The topological polar surface area (TPSA) is 20.2 Å². The van der Waals surface area contributed by atoms with E-state index in [1.807, 2.05) is 7.74 Å². The Morgan fingerprint density at radius 1 is 1.80 bits per heavy atom. The minimum absolute atomic E-state index is 0.0995. The van der Waals surface area contributed by atoms with Crippen LogP contribution in [0, 0.1) is 0 Å². The molecule has 0 saturated carbocycles. The minimum Gasteiger partial charge on any atom is -0.389 e. The molecule has 3 unspecified atom stereocenters. The van der Waals surface area contributed by atoms with Gasteiger partial charge in [-0.15, -0.1) is 0 Å². The SMILES string of the molecule is BBCC(Br)C(O)C(C)F. The number of rotatable bonds is 4. The fraction of sp³-hybridized carbons (Fsp3) is 1.00. The van der Waals surface area contributed by atoms with Crippen molar-refractivity contribution in [3.63, 3.8) is 0 Å². The molecule has 0 saturated heterocycles. The van der Waals surface area contributed by atoms with Crippen LogP contribution in [0.25, 0.3) is 0 Å². The van der Waals surface area contributed by atoms with Crippen LogP contribution < -0.4 is 0 Å². The fourth-order valence-electron chi connectivity index (χ4n) is 0.734. The maximum Gasteiger partial charge on any atom is 0.124 e. The largest absolute Gasteiger partial charge is 0.389 e. The van der Waals surface area contributed by atoms with Crippen LogP contribution in [-0.2, 0) is 0 Å². The standard InChI is InChI=1S/C5H12B2BrFO/c1-3(9)5(10)4(8)2-7-6/h3-5,7,10H,2,6H2,1H3. The average Bonchev–Trinajstić information content (AvgIpc) is 1.87. The molecule has 0 amide bonds. The Kier molecular flexibility index (Phi) is 5.45. The zero-order valence-corrected chi connectivity index (χ0v) is 7.94. The molecule has 3 atom stereocenters. The molecule has 0 aliphatic carbocycles. The molecule has 1 nitrogen and oxygen atoms in total. The summed E-state index contributed by atoms with van der Waals surface area (Å²) in [6, 6.07) is 0. The summed E-state index contributed by atoms with van der Waals surface area (Å²) in [4.78, 5) is -0.0995. The summed E-state index contributed by atoms with van der Waals surface area (Å²) in [5.41, 5.74) is 0. The lowest BCUT2D eigenvalue weighted by atomic mass is 9.53. The quantitative estimate of drug-likeness (QED) is 0.504. The van der Waals surface area contributed by atoms with Crippen molar-refractivity contribution >= 4 is 30.8 Å². The molecule has 58 valence electrons. The molecule has 5 heteroatoms. The lowest BCUT2D eigenvalue weighted by Gasteiger charge is -2.17. The van der Waals surface area contributed by atoms with Crippen LogP contribution in [0.5, 0.6) is 0 Å². The van der Waals surface area contributed by atoms with E-state index in [1.165, 1.54) is 6.92 Å². The second kappa shape index (κ2) is 5.19. The predicted molar refractivity (Wildman–Crippen MR) is 49.8 cm³/mol. The number of aliphatic hydroxyl groups excluding tert-OH is 1. The van der Waals surface area contributed by atoms with E-state index in [1.54, 1.807) is 0 Å². The van der Waals surface area contributed by atoms with Crippen molar-refractivity contribution in [3.8, 4) is 0 Å². The van der Waals surface area contributed by atoms with Crippen molar-refractivity contribution in [2.24, 2.45) is 0 Å². The number of hydrogen-bond donors (Lipinski definition) is 1. The van der Waals surface area contributed by atoms with E-state index >= 15 is 0 Å². The van der Waals surface area contributed by atoms with Gasteiger partial charge >= 0.3 is 0 Å². The van der Waals surface area contributed by atoms with Gasteiger partial charge in [0.15, 0.2) is 0 Å². The Morgan fingerprint density at radius 3 is 2.60 bits per heavy atom. The lowest BCUT2D eigenvalue weighted by Crippen LogP contribution is -2.29. The zero-order chi connectivity index (χ0) is 8.15. The van der Waals surface area contributed by atoms with Crippen LogP contribution in [0.1, 0.15) is 6.92 Å². The Labute approximate surface area is 71.1 Å². The highest BCUT2D eigenvalue weighted by molar-refractivity contribution is 9.09. The highest BCUT2D eigenvalue weighted by atomic mass is 79.9. The number of aliphatic hydroxyl groups is 1. The van der Waals surface area contributed by atoms with Gasteiger partial charge in [0, 0.05) is 4.83 Å². The van der Waals surface area contributed by atoms with Crippen molar-refractivity contribution < 1.29 is 9.50 Å². The summed E-state index contributed by atoms with van der Waals surface area (Å²) in [6.45, 7) is 1.37. The van der Waals surface area contributed by atoms with Crippen LogP contribution in [0.15, 0.2) is 0 Å². The molecule has 1 N–H and O–H groups in total. The van der Waals surface area contributed by atoms with Crippen molar-refractivity contribution in [2.75, 3.05) is 0 Å². The summed E-state index contributed by atoms with van der Waals surface area (Å²) >= 11 is 3.21. The molecule has 0 heterocycles. The van der Waals surface area contributed by atoms with E-state index < -0.39 is 12.3 Å². The van der Waals surface area contributed by atoms with Gasteiger partial charge in [-0.25, -0.2) is 4.39 Å². The monoisotopic (exact) mass is 208 g/mol. The molecular formula is C5H12B2BrFO. The molecular weight excluding hydrogens is 197 g/mol. The van der Waals surface area contributed by atoms with Crippen LogP contribution in [-0.4, -0.2) is 37.1 Å². The first-order chi connectivity index (χ1) is 4.59. The van der Waals surface area contributed by atoms with Gasteiger partial charge in [0.25, 0.3) is 0 Å². The Hall–Kier alpha value is 0.500. The Bertz CT molecular complexity index is 93.7. The van der Waals surface area contributed by atoms with Crippen LogP contribution >= 0.6 is 15.9 Å². The summed E-state index contributed by atoms with van der Waals surface area (Å²) in [5, 5.41) is 9.10. The van der Waals surface area contributed by atoms with Gasteiger partial charge in [0.2, 0.25) is 0 Å². The molecule has 0 fully saturated rings. The lowest BCUT2D eigenvalue weighted by molar-refractivity contribution is 0.0910. The molecule has 10 heavy (non-hydrogen) atoms. The van der Waals surface area contributed by atoms with Crippen LogP contribution in [0.2, 0.25) is 6.32 Å². The van der Waals surface area contributed by atoms with E-state index in [9.17, 15) is 4.39 Å². The van der Waals surface area contributed by atoms with Crippen molar-refractivity contribution in [1.29, 1.82) is 0 Å². The summed E-state index contributed by atoms with van der Waals surface area (Å²) in [5.74, 6) is 0. The first-order valence-electron chi connectivity index (χ1n) is 3.55. The molecule has 0 rings (SSSR count). The van der Waals surface area contributed by atoms with Crippen molar-refractivity contribution in [3.05, 3.63) is 0 Å². The number of hydrogen-bond acceptors (Lipinski definition) is 1. The van der Waals surface area contributed by atoms with Gasteiger partial charge in [-0.2, -0.15) is 0 Å². The molecule has 0 spiro atoms. The van der Waals surface area contributed by atoms with Crippen LogP contribution in [0.4, 0.5) is 4.39 Å². The van der Waals surface area contributed by atoms with Gasteiger partial charge in [-0.1, -0.05) is 22.3 Å². The molecule has 0 aromatic carbocycles. The third-order valence-corrected chi connectivity index (χ3v) is 2.41. The second-order valence-electron chi connectivity index (χ2n) is 2.47. The fourth-order valence-corrected chi connectivity index (χ4v) is 1.61. The Morgan fingerprint density at radius 2 is 2.30 bits per heavy atom. The number of halogens is 2. The first-order valence-corrected chi connectivity index (χ1v) is 4.47. The smallest absolute Gasteiger partial charge is 0.124 e. The minimum atomic E-state index is -1.14. The highest BCUT2D eigenvalue weighted by Crippen LogP contribution is 2.14. The summed E-state index contributed by atoms with van der Waals surface area (Å²) < 4.78 is 12.4. The summed E-state index contributed by atoms with van der Waals surface area (Å²) in [6.07, 6.45) is -1.19. The van der Waals surface area contributed by atoms with E-state index in [0.29, 0.717) is 0 Å². The average molecular weight is 209 g/mol. The molecule has 0 bridgehead atoms. The Balaban J connectivity index is 3.58. The molecule has 0 aliphatic heterocycles. The van der Waals surface area contributed by atoms with Gasteiger partial charge in [0.05, 0.1) is 21.0 Å². The third kappa shape index (κ3) is 3.62. The van der Waals surface area contributed by atoms with Crippen molar-refractivity contribution in [1.82, 2.24) is 0 Å². The van der Waals surface area contributed by atoms with Crippen molar-refractivity contribution in [2.45, 2.75) is 30.3 Å². The predicted octanol–water partition coefficient (Wildman–Crippen LogP) is -0.128. The van der Waals surface area contributed by atoms with E-state index in [4.69, 9.17) is 5.11 Å². The summed E-state index contributed by atoms with van der Waals surface area (Å²) in [7, 11) is 2.96. The van der Waals surface area contributed by atoms with E-state index in [-0.39, 0.29) is 4.83 Å². The normalized spacial score (nSPS) is 19.6. The molecule has 0 radical (unpaired) electrons. The van der Waals surface area contributed by atoms with E-state index in [0.717, 1.165) is 13.5 Å². The highest BCUT2D eigenvalue weighted by Gasteiger charge is 2.20. The molecule has 0 aromatic rings. The van der Waals surface area contributed by atoms with Gasteiger partial charge in [0.1, 0.15) is 6.17 Å². The van der Waals surface area contributed by atoms with E-state index in [2.05, 4.69) is 15.9 Å². The van der Waals surface area contributed by atoms with Gasteiger partial charge < -0.3 is 5.11 Å². The molecule has 0 aromatic heterocycles. The molecule has 0 aliphatic rings. The van der Waals surface area contributed by atoms with Gasteiger partial charge in [-0.05, 0) is 6.92 Å². The first kappa shape index (κ1) is 10.5. The van der Waals surface area contributed by atoms with Crippen LogP contribution in [0.3, 0.4) is 0 Å². The van der Waals surface area contributed by atoms with Gasteiger partial charge in [-0.3, -0.25) is 0 Å². The second-order valence-corrected chi connectivity index (χ2v) is 3.65.